The molecule has 112 valence electrons. The minimum Gasteiger partial charge on any atom is -0.298 e. The summed E-state index contributed by atoms with van der Waals surface area (Å²) in [6, 6.07) is 8.42. The first kappa shape index (κ1) is 15.8. The second-order valence-corrected chi connectivity index (χ2v) is 6.05. The monoisotopic (exact) mass is 306 g/mol. The summed E-state index contributed by atoms with van der Waals surface area (Å²) in [5.74, 6) is 0.238. The Hall–Kier alpha value is -1.62. The molecule has 0 saturated carbocycles. The third kappa shape index (κ3) is 4.70. The van der Waals surface area contributed by atoms with E-state index in [0.717, 1.165) is 17.0 Å². The van der Waals surface area contributed by atoms with E-state index < -0.39 is 0 Å². The molecule has 0 aliphatic carbocycles. The largest absolute Gasteiger partial charge is 0.298 e. The van der Waals surface area contributed by atoms with Crippen LogP contribution in [0.1, 0.15) is 32.0 Å². The van der Waals surface area contributed by atoms with Gasteiger partial charge in [0.05, 0.1) is 17.9 Å². The lowest BCUT2D eigenvalue weighted by atomic mass is 10.2. The van der Waals surface area contributed by atoms with Gasteiger partial charge in [-0.05, 0) is 43.7 Å². The quantitative estimate of drug-likeness (QED) is 0.728. The van der Waals surface area contributed by atoms with Crippen LogP contribution in [0.15, 0.2) is 41.4 Å². The second kappa shape index (κ2) is 7.41. The zero-order chi connectivity index (χ0) is 15.2. The van der Waals surface area contributed by atoms with E-state index in [1.807, 2.05) is 16.9 Å². The van der Waals surface area contributed by atoms with Crippen LogP contribution in [0, 0.1) is 5.82 Å². The van der Waals surface area contributed by atoms with Crippen LogP contribution in [0.25, 0.3) is 0 Å². The van der Waals surface area contributed by atoms with Gasteiger partial charge in [0.15, 0.2) is 0 Å². The Morgan fingerprint density at radius 3 is 2.71 bits per heavy atom. The fourth-order valence-electron chi connectivity index (χ4n) is 1.85. The van der Waals surface area contributed by atoms with Gasteiger partial charge < -0.3 is 0 Å². The summed E-state index contributed by atoms with van der Waals surface area (Å²) in [7, 11) is 0. The molecule has 0 aliphatic heterocycles. The molecule has 0 amide bonds. The number of aromatic nitrogens is 2. The van der Waals surface area contributed by atoms with Gasteiger partial charge in [-0.1, -0.05) is 6.92 Å². The molecule has 1 atom stereocenters. The summed E-state index contributed by atoms with van der Waals surface area (Å²) >= 11 is 1.42. The van der Waals surface area contributed by atoms with Crippen molar-refractivity contribution in [1.82, 2.24) is 9.78 Å². The fourth-order valence-corrected chi connectivity index (χ4v) is 2.61. The van der Waals surface area contributed by atoms with Crippen LogP contribution >= 0.6 is 11.8 Å². The van der Waals surface area contributed by atoms with E-state index in [4.69, 9.17) is 0 Å². The normalized spacial score (nSPS) is 12.3. The number of thioether (sulfide) groups is 1. The van der Waals surface area contributed by atoms with Crippen molar-refractivity contribution in [2.75, 3.05) is 5.75 Å². The maximum absolute atomic E-state index is 12.8. The van der Waals surface area contributed by atoms with Crippen molar-refractivity contribution in [3.63, 3.8) is 0 Å². The van der Waals surface area contributed by atoms with Crippen LogP contribution in [0.2, 0.25) is 0 Å². The summed E-state index contributed by atoms with van der Waals surface area (Å²) < 4.78 is 14.7. The molecule has 0 aliphatic rings. The summed E-state index contributed by atoms with van der Waals surface area (Å²) in [6.45, 7) is 4.21. The molecule has 0 saturated heterocycles. The molecule has 5 heteroatoms. The number of hydrogen-bond acceptors (Lipinski definition) is 3. The van der Waals surface area contributed by atoms with Crippen molar-refractivity contribution >= 4 is 17.5 Å². The van der Waals surface area contributed by atoms with Crippen molar-refractivity contribution in [3.8, 4) is 0 Å². The molecule has 1 unspecified atom stereocenters. The SMILES string of the molecule is CCC(C)n1ccc(CC(=O)CSc2ccc(F)cc2)n1. The minimum absolute atomic E-state index is 0.124. The summed E-state index contributed by atoms with van der Waals surface area (Å²) in [5, 5.41) is 4.42. The Morgan fingerprint density at radius 1 is 1.33 bits per heavy atom. The predicted octanol–water partition coefficient (Wildman–Crippen LogP) is 3.90. The Balaban J connectivity index is 1.84. The molecule has 3 nitrogen and oxygen atoms in total. The lowest BCUT2D eigenvalue weighted by Crippen LogP contribution is -2.09. The Labute approximate surface area is 128 Å². The number of ketones is 1. The van der Waals surface area contributed by atoms with E-state index in [2.05, 4.69) is 18.9 Å². The van der Waals surface area contributed by atoms with Crippen LogP contribution < -0.4 is 0 Å². The van der Waals surface area contributed by atoms with E-state index in [1.165, 1.54) is 23.9 Å². The summed E-state index contributed by atoms with van der Waals surface area (Å²) in [4.78, 5) is 12.9. The van der Waals surface area contributed by atoms with Gasteiger partial charge in [-0.25, -0.2) is 4.39 Å². The van der Waals surface area contributed by atoms with Crippen LogP contribution in [-0.4, -0.2) is 21.3 Å². The predicted molar refractivity (Wildman–Crippen MR) is 83.1 cm³/mol. The highest BCUT2D eigenvalue weighted by Crippen LogP contribution is 2.18. The number of Topliss-reactive ketones (excluding diaryl/α,β-unsaturated/α-hetero) is 1. The number of rotatable bonds is 7. The number of carbonyl (C=O) groups excluding carboxylic acids is 1. The lowest BCUT2D eigenvalue weighted by Gasteiger charge is -2.08. The van der Waals surface area contributed by atoms with Crippen molar-refractivity contribution in [3.05, 3.63) is 48.0 Å². The maximum Gasteiger partial charge on any atom is 0.149 e. The summed E-state index contributed by atoms with van der Waals surface area (Å²) in [5.41, 5.74) is 0.806. The van der Waals surface area contributed by atoms with Crippen LogP contribution in [0.4, 0.5) is 4.39 Å². The minimum atomic E-state index is -0.263. The third-order valence-corrected chi connectivity index (χ3v) is 4.37. The average Bonchev–Trinajstić information content (AvgIpc) is 2.94. The molecule has 0 fully saturated rings. The first-order chi connectivity index (χ1) is 10.1. The van der Waals surface area contributed by atoms with Crippen LogP contribution in [0.3, 0.4) is 0 Å². The molecule has 1 aromatic carbocycles. The fraction of sp³-hybridized carbons (Fsp3) is 0.375. The van der Waals surface area contributed by atoms with Crippen LogP contribution in [-0.2, 0) is 11.2 Å². The van der Waals surface area contributed by atoms with Crippen molar-refractivity contribution < 1.29 is 9.18 Å². The van der Waals surface area contributed by atoms with Gasteiger partial charge in [0.1, 0.15) is 11.6 Å². The number of halogens is 1. The van der Waals surface area contributed by atoms with E-state index >= 15 is 0 Å². The first-order valence-electron chi connectivity index (χ1n) is 7.02. The maximum atomic E-state index is 12.8. The third-order valence-electron chi connectivity index (χ3n) is 3.30. The van der Waals surface area contributed by atoms with E-state index in [9.17, 15) is 9.18 Å². The number of nitrogens with zero attached hydrogens (tertiary/aromatic N) is 2. The molecular formula is C16H19FN2OS. The van der Waals surface area contributed by atoms with Gasteiger partial charge >= 0.3 is 0 Å². The van der Waals surface area contributed by atoms with Gasteiger partial charge in [-0.15, -0.1) is 11.8 Å². The van der Waals surface area contributed by atoms with Gasteiger partial charge in [0.25, 0.3) is 0 Å². The molecule has 1 heterocycles. The van der Waals surface area contributed by atoms with Gasteiger partial charge in [-0.2, -0.15) is 5.10 Å². The Kier molecular flexibility index (Phi) is 5.56. The zero-order valence-corrected chi connectivity index (χ0v) is 13.1. The smallest absolute Gasteiger partial charge is 0.149 e. The average molecular weight is 306 g/mol. The van der Waals surface area contributed by atoms with E-state index in [-0.39, 0.29) is 11.6 Å². The van der Waals surface area contributed by atoms with Gasteiger partial charge in [0.2, 0.25) is 0 Å². The molecule has 1 aromatic heterocycles. The molecule has 21 heavy (non-hydrogen) atoms. The molecule has 0 bridgehead atoms. The number of benzene rings is 1. The molecule has 0 spiro atoms. The molecule has 2 aromatic rings. The lowest BCUT2D eigenvalue weighted by molar-refractivity contribution is -0.116. The highest BCUT2D eigenvalue weighted by atomic mass is 32.2. The highest BCUT2D eigenvalue weighted by molar-refractivity contribution is 8.00. The molecule has 0 N–H and O–H groups in total. The topological polar surface area (TPSA) is 34.9 Å². The number of hydrogen-bond donors (Lipinski definition) is 0. The zero-order valence-electron chi connectivity index (χ0n) is 12.3. The van der Waals surface area contributed by atoms with E-state index in [1.54, 1.807) is 12.1 Å². The van der Waals surface area contributed by atoms with Crippen LogP contribution in [0.5, 0.6) is 0 Å². The van der Waals surface area contributed by atoms with Gasteiger partial charge in [0, 0.05) is 17.1 Å². The highest BCUT2D eigenvalue weighted by Gasteiger charge is 2.09. The standard InChI is InChI=1S/C16H19FN2OS/c1-3-12(2)19-9-8-14(18-19)10-15(20)11-21-16-6-4-13(17)5-7-16/h4-9,12H,3,10-11H2,1-2H3. The first-order valence-corrected chi connectivity index (χ1v) is 8.01. The van der Waals surface area contributed by atoms with Gasteiger partial charge in [-0.3, -0.25) is 9.48 Å². The molecule has 2 rings (SSSR count). The Bertz CT molecular complexity index is 595. The number of carbonyl (C=O) groups is 1. The summed E-state index contributed by atoms with van der Waals surface area (Å²) in [6.07, 6.45) is 3.27. The van der Waals surface area contributed by atoms with Crippen molar-refractivity contribution in [1.29, 1.82) is 0 Å². The molecular weight excluding hydrogens is 287 g/mol. The Morgan fingerprint density at radius 2 is 2.05 bits per heavy atom. The molecule has 0 radical (unpaired) electrons. The van der Waals surface area contributed by atoms with Crippen molar-refractivity contribution in [2.24, 2.45) is 0 Å². The second-order valence-electron chi connectivity index (χ2n) is 5.00. The van der Waals surface area contributed by atoms with E-state index in [0.29, 0.717) is 18.2 Å². The van der Waals surface area contributed by atoms with Crippen molar-refractivity contribution in [2.45, 2.75) is 37.6 Å².